The maximum Gasteiger partial charge on any atom is 0.233 e. The van der Waals surface area contributed by atoms with Crippen molar-refractivity contribution in [3.8, 4) is 0 Å². The molecule has 2 atom stereocenters. The molecule has 1 saturated carbocycles. The largest absolute Gasteiger partial charge is 0.396 e. The number of amides is 1. The lowest BCUT2D eigenvalue weighted by atomic mass is 9.84. The van der Waals surface area contributed by atoms with Crippen LogP contribution in [-0.2, 0) is 16.8 Å². The van der Waals surface area contributed by atoms with E-state index >= 15 is 0 Å². The van der Waals surface area contributed by atoms with Crippen molar-refractivity contribution in [1.29, 1.82) is 0 Å². The Labute approximate surface area is 105 Å². The third kappa shape index (κ3) is 1.36. The van der Waals surface area contributed by atoms with E-state index in [-0.39, 0.29) is 18.4 Å². The van der Waals surface area contributed by atoms with E-state index in [1.165, 1.54) is 0 Å². The Morgan fingerprint density at radius 3 is 3.00 bits per heavy atom. The van der Waals surface area contributed by atoms with Crippen LogP contribution >= 0.6 is 11.6 Å². The molecule has 2 aliphatic rings. The minimum Gasteiger partial charge on any atom is -0.396 e. The minimum absolute atomic E-state index is 0.0509. The second-order valence-corrected chi connectivity index (χ2v) is 5.45. The van der Waals surface area contributed by atoms with E-state index in [1.807, 2.05) is 25.2 Å². The number of fused-ring (bicyclic) bond motifs is 2. The summed E-state index contributed by atoms with van der Waals surface area (Å²) in [5.74, 6) is 0.168. The SMILES string of the molecule is CN1Cc2ccc(Cl)cc2C2(CC2CO)C1=O. The Kier molecular flexibility index (Phi) is 2.25. The third-order valence-corrected chi connectivity index (χ3v) is 4.25. The summed E-state index contributed by atoms with van der Waals surface area (Å²) >= 11 is 6.02. The second-order valence-electron chi connectivity index (χ2n) is 5.02. The molecule has 2 unspecified atom stereocenters. The Bertz CT molecular complexity index is 502. The standard InChI is InChI=1S/C13H14ClNO2/c1-15-6-8-2-3-10(14)4-11(8)13(12(15)17)5-9(13)7-16/h2-4,9,16H,5-7H2,1H3. The molecule has 1 N–H and O–H groups in total. The van der Waals surface area contributed by atoms with Crippen molar-refractivity contribution in [3.63, 3.8) is 0 Å². The number of carbonyl (C=O) groups excluding carboxylic acids is 1. The molecule has 90 valence electrons. The molecular formula is C13H14ClNO2. The molecule has 0 bridgehead atoms. The van der Waals surface area contributed by atoms with Crippen LogP contribution in [-0.4, -0.2) is 29.6 Å². The fourth-order valence-corrected chi connectivity index (χ4v) is 3.20. The van der Waals surface area contributed by atoms with Crippen LogP contribution in [0.4, 0.5) is 0 Å². The summed E-state index contributed by atoms with van der Waals surface area (Å²) in [7, 11) is 1.81. The molecule has 1 aliphatic carbocycles. The van der Waals surface area contributed by atoms with Gasteiger partial charge in [0.25, 0.3) is 0 Å². The average Bonchev–Trinajstić information content (AvgIpc) is 3.04. The van der Waals surface area contributed by atoms with Gasteiger partial charge in [-0.1, -0.05) is 17.7 Å². The van der Waals surface area contributed by atoms with Crippen LogP contribution in [0.15, 0.2) is 18.2 Å². The smallest absolute Gasteiger partial charge is 0.233 e. The van der Waals surface area contributed by atoms with Crippen molar-refractivity contribution in [1.82, 2.24) is 4.90 Å². The van der Waals surface area contributed by atoms with Gasteiger partial charge < -0.3 is 10.0 Å². The van der Waals surface area contributed by atoms with E-state index in [0.29, 0.717) is 11.6 Å². The third-order valence-electron chi connectivity index (χ3n) is 4.01. The lowest BCUT2D eigenvalue weighted by molar-refractivity contribution is -0.134. The first kappa shape index (κ1) is 11.1. The number of nitrogens with zero attached hydrogens (tertiary/aromatic N) is 1. The van der Waals surface area contributed by atoms with Crippen LogP contribution in [0.3, 0.4) is 0 Å². The molecule has 1 spiro atoms. The van der Waals surface area contributed by atoms with E-state index in [0.717, 1.165) is 17.5 Å². The highest BCUT2D eigenvalue weighted by Crippen LogP contribution is 2.58. The second kappa shape index (κ2) is 3.47. The van der Waals surface area contributed by atoms with Gasteiger partial charge in [-0.25, -0.2) is 0 Å². The average molecular weight is 252 g/mol. The lowest BCUT2D eigenvalue weighted by Crippen LogP contribution is -2.42. The number of aliphatic hydroxyl groups is 1. The van der Waals surface area contributed by atoms with Gasteiger partial charge in [-0.05, 0) is 29.7 Å². The van der Waals surface area contributed by atoms with E-state index in [4.69, 9.17) is 11.6 Å². The molecule has 3 rings (SSSR count). The van der Waals surface area contributed by atoms with Crippen molar-refractivity contribution in [2.75, 3.05) is 13.7 Å². The quantitative estimate of drug-likeness (QED) is 0.823. The Hall–Kier alpha value is -1.06. The summed E-state index contributed by atoms with van der Waals surface area (Å²) < 4.78 is 0. The van der Waals surface area contributed by atoms with E-state index in [9.17, 15) is 9.90 Å². The van der Waals surface area contributed by atoms with Crippen LogP contribution < -0.4 is 0 Å². The first-order valence-electron chi connectivity index (χ1n) is 5.75. The van der Waals surface area contributed by atoms with E-state index < -0.39 is 5.41 Å². The van der Waals surface area contributed by atoms with Crippen molar-refractivity contribution < 1.29 is 9.90 Å². The van der Waals surface area contributed by atoms with Crippen molar-refractivity contribution in [3.05, 3.63) is 34.3 Å². The lowest BCUT2D eigenvalue weighted by Gasteiger charge is -2.32. The number of likely N-dealkylation sites (N-methyl/N-ethyl adjacent to an activating group) is 1. The number of aliphatic hydroxyl groups excluding tert-OH is 1. The van der Waals surface area contributed by atoms with Gasteiger partial charge in [0.2, 0.25) is 5.91 Å². The van der Waals surface area contributed by atoms with Crippen LogP contribution in [0, 0.1) is 5.92 Å². The Morgan fingerprint density at radius 2 is 2.35 bits per heavy atom. The number of benzene rings is 1. The summed E-state index contributed by atoms with van der Waals surface area (Å²) in [5.41, 5.74) is 1.67. The molecule has 17 heavy (non-hydrogen) atoms. The molecule has 0 saturated heterocycles. The van der Waals surface area contributed by atoms with Crippen molar-refractivity contribution in [2.24, 2.45) is 5.92 Å². The van der Waals surface area contributed by atoms with Crippen LogP contribution in [0.25, 0.3) is 0 Å². The highest BCUT2D eigenvalue weighted by atomic mass is 35.5. The van der Waals surface area contributed by atoms with Gasteiger partial charge in [0.1, 0.15) is 0 Å². The molecule has 1 aromatic rings. The molecule has 1 aliphatic heterocycles. The van der Waals surface area contributed by atoms with Crippen LogP contribution in [0.5, 0.6) is 0 Å². The van der Waals surface area contributed by atoms with Gasteiger partial charge in [-0.3, -0.25) is 4.79 Å². The normalized spacial score (nSPS) is 30.6. The molecule has 1 heterocycles. The maximum atomic E-state index is 12.3. The zero-order chi connectivity index (χ0) is 12.2. The highest BCUT2D eigenvalue weighted by Gasteiger charge is 2.63. The fourth-order valence-electron chi connectivity index (χ4n) is 3.03. The van der Waals surface area contributed by atoms with Gasteiger partial charge in [-0.15, -0.1) is 0 Å². The molecule has 1 aromatic carbocycles. The summed E-state index contributed by atoms with van der Waals surface area (Å²) in [6.07, 6.45) is 0.736. The van der Waals surface area contributed by atoms with E-state index in [2.05, 4.69) is 0 Å². The highest BCUT2D eigenvalue weighted by molar-refractivity contribution is 6.30. The van der Waals surface area contributed by atoms with Gasteiger partial charge in [-0.2, -0.15) is 0 Å². The topological polar surface area (TPSA) is 40.5 Å². The molecule has 3 nitrogen and oxygen atoms in total. The zero-order valence-corrected chi connectivity index (χ0v) is 10.4. The summed E-state index contributed by atoms with van der Waals surface area (Å²) in [6, 6.07) is 5.72. The van der Waals surface area contributed by atoms with Gasteiger partial charge in [0.15, 0.2) is 0 Å². The first-order valence-corrected chi connectivity index (χ1v) is 6.12. The van der Waals surface area contributed by atoms with Gasteiger partial charge in [0.05, 0.1) is 5.41 Å². The van der Waals surface area contributed by atoms with E-state index in [1.54, 1.807) is 4.90 Å². The molecule has 1 amide bonds. The zero-order valence-electron chi connectivity index (χ0n) is 9.61. The summed E-state index contributed by atoms with van der Waals surface area (Å²) in [5, 5.41) is 9.98. The number of hydrogen-bond donors (Lipinski definition) is 1. The van der Waals surface area contributed by atoms with Crippen molar-refractivity contribution in [2.45, 2.75) is 18.4 Å². The molecule has 0 radical (unpaired) electrons. The maximum absolute atomic E-state index is 12.3. The first-order chi connectivity index (χ1) is 8.09. The Morgan fingerprint density at radius 1 is 1.59 bits per heavy atom. The number of carbonyl (C=O) groups is 1. The fraction of sp³-hybridized carbons (Fsp3) is 0.462. The molecule has 0 aromatic heterocycles. The van der Waals surface area contributed by atoms with Crippen LogP contribution in [0.1, 0.15) is 17.5 Å². The monoisotopic (exact) mass is 251 g/mol. The summed E-state index contributed by atoms with van der Waals surface area (Å²) in [6.45, 7) is 0.691. The predicted octanol–water partition coefficient (Wildman–Crippen LogP) is 1.56. The van der Waals surface area contributed by atoms with Gasteiger partial charge in [0, 0.05) is 31.1 Å². The number of hydrogen-bond acceptors (Lipinski definition) is 2. The number of rotatable bonds is 1. The predicted molar refractivity (Wildman–Crippen MR) is 64.8 cm³/mol. The van der Waals surface area contributed by atoms with Gasteiger partial charge >= 0.3 is 0 Å². The summed E-state index contributed by atoms with van der Waals surface area (Å²) in [4.78, 5) is 14.1. The van der Waals surface area contributed by atoms with Crippen LogP contribution in [0.2, 0.25) is 5.02 Å². The molecule has 1 fully saturated rings. The molecular weight excluding hydrogens is 238 g/mol. The molecule has 4 heteroatoms. The Balaban J connectivity index is 2.16. The van der Waals surface area contributed by atoms with Crippen molar-refractivity contribution >= 4 is 17.5 Å². The minimum atomic E-state index is -0.498. The number of halogens is 1.